The summed E-state index contributed by atoms with van der Waals surface area (Å²) in [5, 5.41) is 3.07. The van der Waals surface area contributed by atoms with Gasteiger partial charge < -0.3 is 24.3 Å². The molecule has 0 bridgehead atoms. The van der Waals surface area contributed by atoms with Crippen molar-refractivity contribution in [2.75, 3.05) is 26.4 Å². The second kappa shape index (κ2) is 13.9. The molecule has 2 aliphatic heterocycles. The molecule has 9 nitrogen and oxygen atoms in total. The van der Waals surface area contributed by atoms with Crippen LogP contribution >= 0.6 is 0 Å². The summed E-state index contributed by atoms with van der Waals surface area (Å²) in [7, 11) is 0. The zero-order chi connectivity index (χ0) is 31.1. The van der Waals surface area contributed by atoms with Crippen LogP contribution in [0.1, 0.15) is 37.8 Å². The quantitative estimate of drug-likeness (QED) is 0.323. The molecule has 5 rings (SSSR count). The highest BCUT2D eigenvalue weighted by Crippen LogP contribution is 2.40. The van der Waals surface area contributed by atoms with Gasteiger partial charge in [-0.1, -0.05) is 66.7 Å². The molecule has 232 valence electrons. The fraction of sp³-hybridized carbons (Fsp3) is 0.382. The van der Waals surface area contributed by atoms with Crippen LogP contribution in [-0.2, 0) is 36.8 Å². The third-order valence-corrected chi connectivity index (χ3v) is 8.04. The van der Waals surface area contributed by atoms with E-state index in [9.17, 15) is 14.4 Å². The van der Waals surface area contributed by atoms with Crippen molar-refractivity contribution in [1.29, 1.82) is 0 Å². The van der Waals surface area contributed by atoms with Gasteiger partial charge in [0.1, 0.15) is 24.8 Å². The molecule has 2 fully saturated rings. The molecule has 0 radical (unpaired) electrons. The van der Waals surface area contributed by atoms with Crippen LogP contribution in [0.4, 0.5) is 9.18 Å². The predicted octanol–water partition coefficient (Wildman–Crippen LogP) is 5.05. The number of likely N-dealkylation sites (tertiary alicyclic amines) is 1. The van der Waals surface area contributed by atoms with Crippen LogP contribution in [0.25, 0.3) is 11.1 Å². The van der Waals surface area contributed by atoms with Gasteiger partial charge in [-0.2, -0.15) is 0 Å². The average molecular weight is 605 g/mol. The lowest BCUT2D eigenvalue weighted by atomic mass is 9.84. The van der Waals surface area contributed by atoms with E-state index in [-0.39, 0.29) is 63.8 Å². The molecule has 1 N–H and O–H groups in total. The van der Waals surface area contributed by atoms with Crippen LogP contribution in [0, 0.1) is 5.82 Å². The molecule has 3 aromatic carbocycles. The maximum atomic E-state index is 16.4. The van der Waals surface area contributed by atoms with Crippen molar-refractivity contribution in [3.63, 3.8) is 0 Å². The van der Waals surface area contributed by atoms with Gasteiger partial charge in [0.25, 0.3) is 0 Å². The number of amides is 2. The molecule has 1 spiro atoms. The summed E-state index contributed by atoms with van der Waals surface area (Å²) >= 11 is 0. The first kappa shape index (κ1) is 31.0. The largest absolute Gasteiger partial charge is 0.492 e. The van der Waals surface area contributed by atoms with E-state index in [1.54, 1.807) is 54.3 Å². The number of carbonyl (C=O) groups excluding carboxylic acids is 3. The zero-order valence-electron chi connectivity index (χ0n) is 24.9. The van der Waals surface area contributed by atoms with Gasteiger partial charge in [-0.25, -0.2) is 9.18 Å². The smallest absolute Gasteiger partial charge is 0.410 e. The molecule has 2 unspecified atom stereocenters. The summed E-state index contributed by atoms with van der Waals surface area (Å²) in [5.41, 5.74) is 1.14. The summed E-state index contributed by atoms with van der Waals surface area (Å²) in [6, 6.07) is 20.6. The summed E-state index contributed by atoms with van der Waals surface area (Å²) in [4.78, 5) is 39.5. The maximum absolute atomic E-state index is 16.4. The number of nitrogens with zero attached hydrogens (tertiary/aromatic N) is 1. The van der Waals surface area contributed by atoms with Gasteiger partial charge in [-0.05, 0) is 43.9 Å². The Morgan fingerprint density at radius 3 is 2.55 bits per heavy atom. The minimum absolute atomic E-state index is 0.0661. The van der Waals surface area contributed by atoms with Crippen molar-refractivity contribution in [2.24, 2.45) is 0 Å². The minimum Gasteiger partial charge on any atom is -0.492 e. The van der Waals surface area contributed by atoms with Crippen molar-refractivity contribution in [3.05, 3.63) is 89.7 Å². The number of benzene rings is 3. The number of nitrogens with one attached hydrogen (secondary N) is 1. The highest BCUT2D eigenvalue weighted by atomic mass is 19.1. The molecule has 2 aliphatic rings. The summed E-state index contributed by atoms with van der Waals surface area (Å²) in [5.74, 6) is -0.693. The van der Waals surface area contributed by atoms with Crippen molar-refractivity contribution in [1.82, 2.24) is 10.2 Å². The lowest BCUT2D eigenvalue weighted by molar-refractivity contribution is -0.143. The van der Waals surface area contributed by atoms with Gasteiger partial charge in [-0.15, -0.1) is 0 Å². The summed E-state index contributed by atoms with van der Waals surface area (Å²) in [6.45, 7) is 4.20. The number of halogens is 1. The third kappa shape index (κ3) is 6.86. The highest BCUT2D eigenvalue weighted by Gasteiger charge is 2.55. The number of esters is 1. The normalized spacial score (nSPS) is 21.2. The molecule has 0 aromatic heterocycles. The number of hydrogen-bond donors (Lipinski definition) is 1. The van der Waals surface area contributed by atoms with Crippen molar-refractivity contribution < 1.29 is 37.7 Å². The van der Waals surface area contributed by atoms with Crippen molar-refractivity contribution in [2.45, 2.75) is 57.3 Å². The Balaban J connectivity index is 1.42. The Bertz CT molecular complexity index is 1480. The predicted molar refractivity (Wildman–Crippen MR) is 160 cm³/mol. The monoisotopic (exact) mass is 604 g/mol. The van der Waals surface area contributed by atoms with Crippen LogP contribution in [0.15, 0.2) is 72.8 Å². The molecule has 2 heterocycles. The standard InChI is InChI=1S/C34H37FN2O7/c1-3-42-31(39)16-17-43-28-15-8-7-13-26(28)27-14-9-12-25(32(27)35)18-29-34(22-41-21-30(38)36-34)19-23(2)37(29)33(40)44-20-24-10-5-4-6-11-24/h4-15,23,29H,3,16-22H2,1-2H3,(H,36,38)/t23-,29?,34?/m1/s1. The van der Waals surface area contributed by atoms with E-state index in [4.69, 9.17) is 18.9 Å². The molecule has 2 saturated heterocycles. The molecule has 10 heteroatoms. The lowest BCUT2D eigenvalue weighted by Crippen LogP contribution is -2.64. The minimum atomic E-state index is -0.906. The molecule has 3 aromatic rings. The topological polar surface area (TPSA) is 103 Å². The first-order valence-electron chi connectivity index (χ1n) is 14.8. The number of morpholine rings is 1. The second-order valence-corrected chi connectivity index (χ2v) is 11.1. The first-order chi connectivity index (χ1) is 21.3. The van der Waals surface area contributed by atoms with Gasteiger partial charge >= 0.3 is 12.1 Å². The zero-order valence-corrected chi connectivity index (χ0v) is 24.9. The Morgan fingerprint density at radius 2 is 1.77 bits per heavy atom. The molecule has 44 heavy (non-hydrogen) atoms. The Kier molecular flexibility index (Phi) is 9.79. The number of carbonyl (C=O) groups is 3. The molecular formula is C34H37FN2O7. The van der Waals surface area contributed by atoms with Gasteiger partial charge in [0.15, 0.2) is 0 Å². The van der Waals surface area contributed by atoms with E-state index in [1.165, 1.54) is 0 Å². The maximum Gasteiger partial charge on any atom is 0.410 e. The Morgan fingerprint density at radius 1 is 1.02 bits per heavy atom. The fourth-order valence-electron chi connectivity index (χ4n) is 6.14. The molecule has 0 saturated carbocycles. The van der Waals surface area contributed by atoms with Gasteiger partial charge in [0.2, 0.25) is 5.91 Å². The number of para-hydroxylation sites is 1. The lowest BCUT2D eigenvalue weighted by Gasteiger charge is -2.41. The molecule has 3 atom stereocenters. The number of rotatable bonds is 10. The van der Waals surface area contributed by atoms with Gasteiger partial charge in [0, 0.05) is 17.2 Å². The third-order valence-electron chi connectivity index (χ3n) is 8.04. The second-order valence-electron chi connectivity index (χ2n) is 11.1. The van der Waals surface area contributed by atoms with Crippen LogP contribution in [0.3, 0.4) is 0 Å². The molecule has 2 amide bonds. The molecular weight excluding hydrogens is 567 g/mol. The van der Waals surface area contributed by atoms with Crippen LogP contribution in [-0.4, -0.2) is 66.9 Å². The van der Waals surface area contributed by atoms with Crippen molar-refractivity contribution in [3.8, 4) is 16.9 Å². The van der Waals surface area contributed by atoms with Gasteiger partial charge in [0.05, 0.1) is 37.8 Å². The highest BCUT2D eigenvalue weighted by molar-refractivity contribution is 5.80. The summed E-state index contributed by atoms with van der Waals surface area (Å²) < 4.78 is 38.6. The van der Waals surface area contributed by atoms with Crippen molar-refractivity contribution >= 4 is 18.0 Å². The SMILES string of the molecule is CCOC(=O)CCOc1ccccc1-c1cccc(CC2N(C(=O)OCc3ccccc3)[C@H](C)CC23COCC(=O)N3)c1F. The van der Waals surface area contributed by atoms with E-state index in [2.05, 4.69) is 5.32 Å². The van der Waals surface area contributed by atoms with Crippen LogP contribution < -0.4 is 10.1 Å². The van der Waals surface area contributed by atoms with E-state index < -0.39 is 23.5 Å². The van der Waals surface area contributed by atoms with Crippen LogP contribution in [0.5, 0.6) is 5.75 Å². The van der Waals surface area contributed by atoms with E-state index in [0.29, 0.717) is 28.9 Å². The van der Waals surface area contributed by atoms with Crippen LogP contribution in [0.2, 0.25) is 0 Å². The van der Waals surface area contributed by atoms with Gasteiger partial charge in [-0.3, -0.25) is 14.5 Å². The summed E-state index contributed by atoms with van der Waals surface area (Å²) in [6.07, 6.45) is 0.0683. The average Bonchev–Trinajstić information content (AvgIpc) is 3.27. The number of ether oxygens (including phenoxy) is 4. The Labute approximate surface area is 256 Å². The first-order valence-corrected chi connectivity index (χ1v) is 14.8. The number of hydrogen-bond acceptors (Lipinski definition) is 7. The van der Waals surface area contributed by atoms with E-state index in [0.717, 1.165) is 5.56 Å². The molecule has 0 aliphatic carbocycles. The fourth-order valence-corrected chi connectivity index (χ4v) is 6.14. The van der Waals surface area contributed by atoms with E-state index >= 15 is 4.39 Å². The van der Waals surface area contributed by atoms with E-state index in [1.807, 2.05) is 37.3 Å². The Hall–Kier alpha value is -4.44.